The van der Waals surface area contributed by atoms with Gasteiger partial charge in [0.05, 0.1) is 30.9 Å². The number of halogens is 1. The second kappa shape index (κ2) is 8.77. The average Bonchev–Trinajstić information content (AvgIpc) is 2.63. The van der Waals surface area contributed by atoms with Gasteiger partial charge in [0, 0.05) is 11.3 Å². The van der Waals surface area contributed by atoms with E-state index in [4.69, 9.17) is 25.8 Å². The van der Waals surface area contributed by atoms with Gasteiger partial charge in [-0.1, -0.05) is 17.7 Å². The Morgan fingerprint density at radius 3 is 2.37 bits per heavy atom. The van der Waals surface area contributed by atoms with Crippen molar-refractivity contribution in [1.29, 1.82) is 0 Å². The van der Waals surface area contributed by atoms with E-state index in [-0.39, 0.29) is 11.1 Å². The summed E-state index contributed by atoms with van der Waals surface area (Å²) >= 11 is 6.28. The van der Waals surface area contributed by atoms with Crippen LogP contribution in [0.3, 0.4) is 0 Å². The maximum Gasteiger partial charge on any atom is 0.337 e. The summed E-state index contributed by atoms with van der Waals surface area (Å²) in [6, 6.07) is 7.99. The first-order valence-electron chi connectivity index (χ1n) is 8.31. The number of esters is 1. The summed E-state index contributed by atoms with van der Waals surface area (Å²) in [5, 5.41) is 3.05. The number of carbonyl (C=O) groups is 2. The Balaban J connectivity index is 2.33. The van der Waals surface area contributed by atoms with Gasteiger partial charge in [-0.05, 0) is 50.6 Å². The molecule has 0 bridgehead atoms. The van der Waals surface area contributed by atoms with Crippen molar-refractivity contribution in [3.8, 4) is 11.5 Å². The van der Waals surface area contributed by atoms with E-state index in [0.717, 1.165) is 5.56 Å². The molecular weight excluding hydrogens is 370 g/mol. The van der Waals surface area contributed by atoms with Gasteiger partial charge in [0.1, 0.15) is 0 Å². The summed E-state index contributed by atoms with van der Waals surface area (Å²) in [5.74, 6) is -0.127. The molecule has 0 fully saturated rings. The average molecular weight is 392 g/mol. The predicted molar refractivity (Wildman–Crippen MR) is 104 cm³/mol. The fourth-order valence-electron chi connectivity index (χ4n) is 2.40. The minimum absolute atomic E-state index is 0.0974. The number of anilines is 1. The van der Waals surface area contributed by atoms with E-state index in [1.54, 1.807) is 24.3 Å². The molecule has 1 amide bonds. The van der Waals surface area contributed by atoms with Gasteiger partial charge in [-0.3, -0.25) is 4.79 Å². The van der Waals surface area contributed by atoms with Crippen LogP contribution >= 0.6 is 11.6 Å². The van der Waals surface area contributed by atoms with Gasteiger partial charge in [0.25, 0.3) is 5.91 Å². The van der Waals surface area contributed by atoms with Crippen LogP contribution in [0.1, 0.15) is 40.1 Å². The van der Waals surface area contributed by atoms with Crippen molar-refractivity contribution in [3.63, 3.8) is 0 Å². The standard InChI is InChI=1S/C20H22ClNO5/c1-11(2)27-18-15(21)8-14(10-17(18)25-4)19(23)22-16-9-13(20(24)26-5)7-6-12(16)3/h6-11H,1-5H3,(H,22,23). The molecule has 0 saturated heterocycles. The number of aryl methyl sites for hydroxylation is 1. The van der Waals surface area contributed by atoms with Gasteiger partial charge in [0.15, 0.2) is 11.5 Å². The highest BCUT2D eigenvalue weighted by atomic mass is 35.5. The third-order valence-corrected chi connectivity index (χ3v) is 4.03. The van der Waals surface area contributed by atoms with Gasteiger partial charge < -0.3 is 19.5 Å². The van der Waals surface area contributed by atoms with Gasteiger partial charge in [0.2, 0.25) is 0 Å². The van der Waals surface area contributed by atoms with Crippen molar-refractivity contribution in [3.05, 3.63) is 52.0 Å². The Hall–Kier alpha value is -2.73. The fourth-order valence-corrected chi connectivity index (χ4v) is 2.65. The van der Waals surface area contributed by atoms with Crippen LogP contribution in [-0.2, 0) is 4.74 Å². The number of rotatable bonds is 6. The molecule has 0 saturated carbocycles. The Morgan fingerprint density at radius 1 is 1.07 bits per heavy atom. The molecule has 1 N–H and O–H groups in total. The van der Waals surface area contributed by atoms with E-state index in [2.05, 4.69) is 5.32 Å². The molecule has 27 heavy (non-hydrogen) atoms. The summed E-state index contributed by atoms with van der Waals surface area (Å²) in [6.07, 6.45) is -0.0974. The zero-order valence-corrected chi connectivity index (χ0v) is 16.6. The molecule has 2 aromatic rings. The third kappa shape index (κ3) is 4.92. The number of methoxy groups -OCH3 is 2. The normalized spacial score (nSPS) is 10.5. The maximum atomic E-state index is 12.7. The first-order valence-corrected chi connectivity index (χ1v) is 8.69. The van der Waals surface area contributed by atoms with Gasteiger partial charge in [-0.2, -0.15) is 0 Å². The first-order chi connectivity index (χ1) is 12.8. The molecule has 2 rings (SSSR count). The monoisotopic (exact) mass is 391 g/mol. The zero-order chi connectivity index (χ0) is 20.1. The van der Waals surface area contributed by atoms with Crippen LogP contribution in [0.25, 0.3) is 0 Å². The van der Waals surface area contributed by atoms with Gasteiger partial charge in [-0.25, -0.2) is 4.79 Å². The van der Waals surface area contributed by atoms with Crippen molar-refractivity contribution in [2.24, 2.45) is 0 Å². The predicted octanol–water partition coefficient (Wildman–Crippen LogP) is 4.48. The van der Waals surface area contributed by atoms with E-state index in [1.807, 2.05) is 20.8 Å². The number of nitrogens with one attached hydrogen (secondary N) is 1. The minimum atomic E-state index is -0.481. The summed E-state index contributed by atoms with van der Waals surface area (Å²) in [6.45, 7) is 5.56. The smallest absolute Gasteiger partial charge is 0.337 e. The lowest BCUT2D eigenvalue weighted by Crippen LogP contribution is -2.14. The van der Waals surface area contributed by atoms with E-state index < -0.39 is 11.9 Å². The van der Waals surface area contributed by atoms with E-state index in [0.29, 0.717) is 28.3 Å². The second-order valence-corrected chi connectivity index (χ2v) is 6.54. The number of benzene rings is 2. The molecule has 0 aromatic heterocycles. The summed E-state index contributed by atoms with van der Waals surface area (Å²) < 4.78 is 15.7. The van der Waals surface area contributed by atoms with E-state index in [1.165, 1.54) is 20.3 Å². The molecule has 0 spiro atoms. The number of hydrogen-bond acceptors (Lipinski definition) is 5. The van der Waals surface area contributed by atoms with E-state index >= 15 is 0 Å². The second-order valence-electron chi connectivity index (χ2n) is 6.13. The van der Waals surface area contributed by atoms with Crippen molar-refractivity contribution < 1.29 is 23.8 Å². The van der Waals surface area contributed by atoms with Crippen molar-refractivity contribution in [2.45, 2.75) is 26.9 Å². The van der Waals surface area contributed by atoms with Gasteiger partial charge in [-0.15, -0.1) is 0 Å². The minimum Gasteiger partial charge on any atom is -0.493 e. The molecule has 0 radical (unpaired) electrons. The van der Waals surface area contributed by atoms with Crippen molar-refractivity contribution in [2.75, 3.05) is 19.5 Å². The molecular formula is C20H22ClNO5. The molecule has 0 aliphatic heterocycles. The highest BCUT2D eigenvalue weighted by Gasteiger charge is 2.18. The highest BCUT2D eigenvalue weighted by molar-refractivity contribution is 6.32. The highest BCUT2D eigenvalue weighted by Crippen LogP contribution is 2.37. The van der Waals surface area contributed by atoms with Crippen LogP contribution < -0.4 is 14.8 Å². The van der Waals surface area contributed by atoms with Crippen LogP contribution in [0.15, 0.2) is 30.3 Å². The first kappa shape index (κ1) is 20.6. The Morgan fingerprint density at radius 2 is 1.78 bits per heavy atom. The zero-order valence-electron chi connectivity index (χ0n) is 15.9. The SMILES string of the molecule is COC(=O)c1ccc(C)c(NC(=O)c2cc(Cl)c(OC(C)C)c(OC)c2)c1. The number of amides is 1. The largest absolute Gasteiger partial charge is 0.493 e. The molecule has 0 unspecified atom stereocenters. The quantitative estimate of drug-likeness (QED) is 0.735. The van der Waals surface area contributed by atoms with Gasteiger partial charge >= 0.3 is 5.97 Å². The molecule has 7 heteroatoms. The Bertz CT molecular complexity index is 864. The van der Waals surface area contributed by atoms with E-state index in [9.17, 15) is 9.59 Å². The van der Waals surface area contributed by atoms with Crippen molar-refractivity contribution in [1.82, 2.24) is 0 Å². The van der Waals surface area contributed by atoms with Crippen molar-refractivity contribution >= 4 is 29.2 Å². The molecule has 144 valence electrons. The Labute approximate surface area is 163 Å². The third-order valence-electron chi connectivity index (χ3n) is 3.75. The molecule has 0 atom stereocenters. The molecule has 0 aliphatic rings. The molecule has 6 nitrogen and oxygen atoms in total. The van der Waals surface area contributed by atoms with Crippen LogP contribution in [0, 0.1) is 6.92 Å². The summed E-state index contributed by atoms with van der Waals surface area (Å²) in [7, 11) is 2.78. The molecule has 2 aromatic carbocycles. The summed E-state index contributed by atoms with van der Waals surface area (Å²) in [5.41, 5.74) is 1.94. The van der Waals surface area contributed by atoms with Crippen LogP contribution in [0.5, 0.6) is 11.5 Å². The number of hydrogen-bond donors (Lipinski definition) is 1. The lowest BCUT2D eigenvalue weighted by molar-refractivity contribution is 0.0600. The topological polar surface area (TPSA) is 73.9 Å². The lowest BCUT2D eigenvalue weighted by atomic mass is 10.1. The number of ether oxygens (including phenoxy) is 3. The molecule has 0 aliphatic carbocycles. The Kier molecular flexibility index (Phi) is 6.69. The van der Waals surface area contributed by atoms with Crippen LogP contribution in [0.4, 0.5) is 5.69 Å². The fraction of sp³-hybridized carbons (Fsp3) is 0.300. The summed E-state index contributed by atoms with van der Waals surface area (Å²) in [4.78, 5) is 24.4. The van der Waals surface area contributed by atoms with Crippen LogP contribution in [-0.4, -0.2) is 32.2 Å². The van der Waals surface area contributed by atoms with Crippen LogP contribution in [0.2, 0.25) is 5.02 Å². The lowest BCUT2D eigenvalue weighted by Gasteiger charge is -2.16. The number of carbonyl (C=O) groups excluding carboxylic acids is 2. The molecule has 0 heterocycles. The maximum absolute atomic E-state index is 12.7.